The zero-order chi connectivity index (χ0) is 15.4. The molecule has 0 aliphatic carbocycles. The minimum atomic E-state index is 0.372. The van der Waals surface area contributed by atoms with Gasteiger partial charge in [0.15, 0.2) is 0 Å². The summed E-state index contributed by atoms with van der Waals surface area (Å²) in [5, 5.41) is 0.705. The summed E-state index contributed by atoms with van der Waals surface area (Å²) in [5.74, 6) is 0. The Hall–Kier alpha value is -1.42. The lowest BCUT2D eigenvalue weighted by atomic mass is 10.1. The number of nitrogens with two attached hydrogens (primary N) is 1. The second kappa shape index (κ2) is 7.03. The van der Waals surface area contributed by atoms with Crippen molar-refractivity contribution in [2.75, 3.05) is 7.05 Å². The van der Waals surface area contributed by atoms with Crippen molar-refractivity contribution in [3.8, 4) is 0 Å². The lowest BCUT2D eigenvalue weighted by Gasteiger charge is -2.18. The van der Waals surface area contributed by atoms with E-state index >= 15 is 0 Å². The van der Waals surface area contributed by atoms with Crippen molar-refractivity contribution < 1.29 is 0 Å². The Balaban J connectivity index is 2.06. The standard InChI is InChI=1S/C17H19ClN2S/c1-12-4-3-5-13(8-12)10-20(2)11-15-7-6-14(17(19)21)9-16(15)18/h3-9H,10-11H2,1-2H3,(H2,19,21). The fourth-order valence-electron chi connectivity index (χ4n) is 2.30. The van der Waals surface area contributed by atoms with Gasteiger partial charge >= 0.3 is 0 Å². The molecule has 4 heteroatoms. The Kier molecular flexibility index (Phi) is 5.34. The van der Waals surface area contributed by atoms with Gasteiger partial charge in [0.2, 0.25) is 0 Å². The molecule has 0 radical (unpaired) electrons. The summed E-state index contributed by atoms with van der Waals surface area (Å²) in [6, 6.07) is 14.3. The zero-order valence-electron chi connectivity index (χ0n) is 12.3. The molecule has 0 amide bonds. The number of hydrogen-bond donors (Lipinski definition) is 1. The largest absolute Gasteiger partial charge is 0.389 e. The zero-order valence-corrected chi connectivity index (χ0v) is 13.8. The minimum absolute atomic E-state index is 0.372. The summed E-state index contributed by atoms with van der Waals surface area (Å²) in [7, 11) is 2.08. The highest BCUT2D eigenvalue weighted by Gasteiger charge is 2.07. The van der Waals surface area contributed by atoms with Crippen molar-refractivity contribution >= 4 is 28.8 Å². The van der Waals surface area contributed by atoms with Crippen molar-refractivity contribution in [3.63, 3.8) is 0 Å². The fourth-order valence-corrected chi connectivity index (χ4v) is 2.66. The van der Waals surface area contributed by atoms with Gasteiger partial charge in [-0.1, -0.05) is 65.8 Å². The Morgan fingerprint density at radius 2 is 1.95 bits per heavy atom. The average molecular weight is 319 g/mol. The fraction of sp³-hybridized carbons (Fsp3) is 0.235. The van der Waals surface area contributed by atoms with Crippen molar-refractivity contribution in [2.45, 2.75) is 20.0 Å². The predicted molar refractivity (Wildman–Crippen MR) is 93.7 cm³/mol. The maximum atomic E-state index is 6.30. The summed E-state index contributed by atoms with van der Waals surface area (Å²) in [4.78, 5) is 2.60. The van der Waals surface area contributed by atoms with Crippen LogP contribution in [0.25, 0.3) is 0 Å². The maximum absolute atomic E-state index is 6.30. The first-order chi connectivity index (χ1) is 9.95. The molecule has 21 heavy (non-hydrogen) atoms. The van der Waals surface area contributed by atoms with Gasteiger partial charge in [-0.25, -0.2) is 0 Å². The number of thiocarbonyl (C=S) groups is 1. The second-order valence-corrected chi connectivity index (χ2v) is 6.18. The molecular weight excluding hydrogens is 300 g/mol. The van der Waals surface area contributed by atoms with Gasteiger partial charge in [0.25, 0.3) is 0 Å². The first-order valence-electron chi connectivity index (χ1n) is 6.78. The molecule has 0 aliphatic heterocycles. The Morgan fingerprint density at radius 3 is 2.57 bits per heavy atom. The third-order valence-corrected chi connectivity index (χ3v) is 3.90. The Morgan fingerprint density at radius 1 is 1.19 bits per heavy atom. The van der Waals surface area contributed by atoms with E-state index in [9.17, 15) is 0 Å². The number of nitrogens with zero attached hydrogens (tertiary/aromatic N) is 1. The molecule has 2 aromatic rings. The van der Waals surface area contributed by atoms with E-state index in [1.54, 1.807) is 0 Å². The lowest BCUT2D eigenvalue weighted by molar-refractivity contribution is 0.319. The number of benzene rings is 2. The summed E-state index contributed by atoms with van der Waals surface area (Å²) < 4.78 is 0. The first kappa shape index (κ1) is 16.0. The van der Waals surface area contributed by atoms with Gasteiger partial charge < -0.3 is 5.73 Å². The van der Waals surface area contributed by atoms with E-state index in [-0.39, 0.29) is 0 Å². The van der Waals surface area contributed by atoms with E-state index in [1.165, 1.54) is 11.1 Å². The number of hydrogen-bond acceptors (Lipinski definition) is 2. The highest BCUT2D eigenvalue weighted by atomic mass is 35.5. The quantitative estimate of drug-likeness (QED) is 0.847. The van der Waals surface area contributed by atoms with Gasteiger partial charge in [-0.05, 0) is 31.2 Å². The molecule has 110 valence electrons. The third-order valence-electron chi connectivity index (χ3n) is 3.31. The van der Waals surface area contributed by atoms with Crippen LogP contribution in [0.15, 0.2) is 42.5 Å². The molecule has 0 bridgehead atoms. The van der Waals surface area contributed by atoms with Crippen molar-refractivity contribution in [1.82, 2.24) is 4.90 Å². The normalized spacial score (nSPS) is 10.9. The molecule has 2 nitrogen and oxygen atoms in total. The summed E-state index contributed by atoms with van der Waals surface area (Å²) in [6.07, 6.45) is 0. The van der Waals surface area contributed by atoms with Crippen LogP contribution in [0.1, 0.15) is 22.3 Å². The molecule has 0 saturated heterocycles. The molecule has 0 unspecified atom stereocenters. The molecule has 0 atom stereocenters. The van der Waals surface area contributed by atoms with Crippen molar-refractivity contribution in [3.05, 3.63) is 69.7 Å². The van der Waals surface area contributed by atoms with Gasteiger partial charge in [0.1, 0.15) is 4.99 Å². The molecule has 0 saturated carbocycles. The highest BCUT2D eigenvalue weighted by molar-refractivity contribution is 7.80. The van der Waals surface area contributed by atoms with E-state index in [0.29, 0.717) is 10.0 Å². The topological polar surface area (TPSA) is 29.3 Å². The molecule has 2 aromatic carbocycles. The molecule has 0 aliphatic rings. The molecule has 0 aromatic heterocycles. The monoisotopic (exact) mass is 318 g/mol. The van der Waals surface area contributed by atoms with Gasteiger partial charge in [-0.2, -0.15) is 0 Å². The SMILES string of the molecule is Cc1cccc(CN(C)Cc2ccc(C(N)=S)cc2Cl)c1. The molecule has 0 spiro atoms. The van der Waals surface area contributed by atoms with Gasteiger partial charge in [-0.15, -0.1) is 0 Å². The average Bonchev–Trinajstić information content (AvgIpc) is 2.40. The van der Waals surface area contributed by atoms with E-state index < -0.39 is 0 Å². The summed E-state index contributed by atoms with van der Waals surface area (Å²) in [5.41, 5.74) is 10.1. The van der Waals surface area contributed by atoms with Crippen LogP contribution >= 0.6 is 23.8 Å². The van der Waals surface area contributed by atoms with Gasteiger partial charge in [-0.3, -0.25) is 4.90 Å². The van der Waals surface area contributed by atoms with Gasteiger partial charge in [0, 0.05) is 23.7 Å². The van der Waals surface area contributed by atoms with Gasteiger partial charge in [0.05, 0.1) is 0 Å². The summed E-state index contributed by atoms with van der Waals surface area (Å²) in [6.45, 7) is 3.77. The van der Waals surface area contributed by atoms with Crippen LogP contribution in [0.5, 0.6) is 0 Å². The van der Waals surface area contributed by atoms with E-state index in [2.05, 4.69) is 43.1 Å². The molecular formula is C17H19ClN2S. The molecule has 2 rings (SSSR count). The van der Waals surface area contributed by atoms with Crippen LogP contribution in [-0.2, 0) is 13.1 Å². The van der Waals surface area contributed by atoms with Crippen LogP contribution < -0.4 is 5.73 Å². The molecule has 0 heterocycles. The smallest absolute Gasteiger partial charge is 0.104 e. The number of rotatable bonds is 5. The van der Waals surface area contributed by atoms with Crippen LogP contribution in [0, 0.1) is 6.92 Å². The van der Waals surface area contributed by atoms with E-state index in [1.807, 2.05) is 18.2 Å². The van der Waals surface area contributed by atoms with Crippen LogP contribution in [0.2, 0.25) is 5.02 Å². The van der Waals surface area contributed by atoms with Crippen molar-refractivity contribution in [1.29, 1.82) is 0 Å². The minimum Gasteiger partial charge on any atom is -0.389 e. The lowest BCUT2D eigenvalue weighted by Crippen LogP contribution is -2.18. The van der Waals surface area contributed by atoms with E-state index in [4.69, 9.17) is 29.6 Å². The molecule has 2 N–H and O–H groups in total. The number of aryl methyl sites for hydroxylation is 1. The number of halogens is 1. The maximum Gasteiger partial charge on any atom is 0.104 e. The Bertz CT molecular complexity index is 655. The highest BCUT2D eigenvalue weighted by Crippen LogP contribution is 2.20. The second-order valence-electron chi connectivity index (χ2n) is 5.33. The summed E-state index contributed by atoms with van der Waals surface area (Å²) >= 11 is 11.3. The molecule has 0 fully saturated rings. The van der Waals surface area contributed by atoms with Crippen molar-refractivity contribution in [2.24, 2.45) is 5.73 Å². The predicted octanol–water partition coefficient (Wildman–Crippen LogP) is 3.91. The van der Waals surface area contributed by atoms with Crippen LogP contribution in [0.3, 0.4) is 0 Å². The first-order valence-corrected chi connectivity index (χ1v) is 7.56. The van der Waals surface area contributed by atoms with Crippen LogP contribution in [-0.4, -0.2) is 16.9 Å². The Labute approximate surface area is 136 Å². The third kappa shape index (κ3) is 4.53. The van der Waals surface area contributed by atoms with Crippen LogP contribution in [0.4, 0.5) is 0 Å². The van der Waals surface area contributed by atoms with E-state index in [0.717, 1.165) is 24.2 Å².